The molecule has 27 heavy (non-hydrogen) atoms. The molecule has 0 heterocycles. The van der Waals surface area contributed by atoms with Gasteiger partial charge in [0.2, 0.25) is 0 Å². The first-order chi connectivity index (χ1) is 12.3. The van der Waals surface area contributed by atoms with Gasteiger partial charge in [-0.1, -0.05) is 26.8 Å². The molecule has 0 saturated carbocycles. The van der Waals surface area contributed by atoms with Crippen molar-refractivity contribution in [1.29, 1.82) is 0 Å². The zero-order chi connectivity index (χ0) is 21.3. The van der Waals surface area contributed by atoms with Crippen molar-refractivity contribution in [3.05, 3.63) is 34.9 Å². The average molecular weight is 391 g/mol. The molecule has 0 aliphatic carbocycles. The molecule has 5 nitrogen and oxygen atoms in total. The standard InChI is InChI=1S/C14H20F3N.C5H8O4/c1-13(2,3)7-6-10-8-12(14(15,16)17)5-4-11(10)9-18;6-4(7)2-1-3-5(8)9/h4-5,8H,6-7,9,18H2,1-3H3;1-3H2,(H,6,7)(H,8,9). The van der Waals surface area contributed by atoms with Crippen molar-refractivity contribution < 1.29 is 33.0 Å². The number of carboxylic acids is 2. The Hall–Kier alpha value is -2.09. The molecule has 154 valence electrons. The zero-order valence-electron chi connectivity index (χ0n) is 15.9. The van der Waals surface area contributed by atoms with Gasteiger partial charge < -0.3 is 15.9 Å². The van der Waals surface area contributed by atoms with Gasteiger partial charge in [-0.05, 0) is 47.9 Å². The van der Waals surface area contributed by atoms with E-state index in [1.165, 1.54) is 12.1 Å². The minimum atomic E-state index is -4.29. The van der Waals surface area contributed by atoms with Crippen LogP contribution in [0, 0.1) is 5.41 Å². The summed E-state index contributed by atoms with van der Waals surface area (Å²) in [5.74, 6) is -1.90. The number of rotatable bonds is 7. The van der Waals surface area contributed by atoms with Crippen molar-refractivity contribution in [3.8, 4) is 0 Å². The lowest BCUT2D eigenvalue weighted by atomic mass is 9.87. The van der Waals surface area contributed by atoms with E-state index < -0.39 is 23.7 Å². The van der Waals surface area contributed by atoms with Gasteiger partial charge >= 0.3 is 18.1 Å². The lowest BCUT2D eigenvalue weighted by molar-refractivity contribution is -0.139. The quantitative estimate of drug-likeness (QED) is 0.637. The number of aliphatic carboxylic acids is 2. The number of hydrogen-bond donors (Lipinski definition) is 3. The second-order valence-electron chi connectivity index (χ2n) is 7.39. The molecule has 1 aromatic rings. The first-order valence-electron chi connectivity index (χ1n) is 8.59. The first-order valence-corrected chi connectivity index (χ1v) is 8.59. The molecule has 0 aliphatic rings. The van der Waals surface area contributed by atoms with E-state index in [2.05, 4.69) is 20.8 Å². The van der Waals surface area contributed by atoms with Crippen LogP contribution in [0.25, 0.3) is 0 Å². The Morgan fingerprint density at radius 1 is 1.00 bits per heavy atom. The van der Waals surface area contributed by atoms with Crippen molar-refractivity contribution in [3.63, 3.8) is 0 Å². The normalized spacial score (nSPS) is 11.5. The van der Waals surface area contributed by atoms with E-state index in [4.69, 9.17) is 15.9 Å². The lowest BCUT2D eigenvalue weighted by Crippen LogP contribution is -2.11. The van der Waals surface area contributed by atoms with E-state index in [0.29, 0.717) is 12.0 Å². The molecule has 0 atom stereocenters. The van der Waals surface area contributed by atoms with Crippen molar-refractivity contribution in [2.45, 2.75) is 65.6 Å². The Bertz CT molecular complexity index is 608. The Morgan fingerprint density at radius 3 is 1.89 bits per heavy atom. The Morgan fingerprint density at radius 2 is 1.52 bits per heavy atom. The van der Waals surface area contributed by atoms with Crippen LogP contribution in [0.4, 0.5) is 13.2 Å². The maximum atomic E-state index is 12.6. The molecule has 0 saturated heterocycles. The van der Waals surface area contributed by atoms with E-state index in [1.807, 2.05) is 0 Å². The molecule has 0 spiro atoms. The molecule has 4 N–H and O–H groups in total. The predicted molar refractivity (Wildman–Crippen MR) is 96.2 cm³/mol. The van der Waals surface area contributed by atoms with Crippen LogP contribution in [0.5, 0.6) is 0 Å². The summed E-state index contributed by atoms with van der Waals surface area (Å²) in [7, 11) is 0. The summed E-state index contributed by atoms with van der Waals surface area (Å²) < 4.78 is 37.9. The highest BCUT2D eigenvalue weighted by Crippen LogP contribution is 2.31. The summed E-state index contributed by atoms with van der Waals surface area (Å²) in [5.41, 5.74) is 6.58. The summed E-state index contributed by atoms with van der Waals surface area (Å²) in [5, 5.41) is 16.1. The topological polar surface area (TPSA) is 101 Å². The molecule has 1 aromatic carbocycles. The van der Waals surface area contributed by atoms with Crippen LogP contribution >= 0.6 is 0 Å². The maximum absolute atomic E-state index is 12.6. The summed E-state index contributed by atoms with van der Waals surface area (Å²) in [6.45, 7) is 6.49. The van der Waals surface area contributed by atoms with Gasteiger partial charge in [-0.25, -0.2) is 0 Å². The molecular formula is C19H28F3NO4. The van der Waals surface area contributed by atoms with Crippen LogP contribution in [0.2, 0.25) is 0 Å². The fourth-order valence-corrected chi connectivity index (χ4v) is 2.13. The van der Waals surface area contributed by atoms with Crippen LogP contribution in [0.1, 0.15) is 63.1 Å². The van der Waals surface area contributed by atoms with E-state index >= 15 is 0 Å². The van der Waals surface area contributed by atoms with Crippen LogP contribution in [0.15, 0.2) is 18.2 Å². The Kier molecular flexibility index (Phi) is 10.1. The fourth-order valence-electron chi connectivity index (χ4n) is 2.13. The highest BCUT2D eigenvalue weighted by Gasteiger charge is 2.30. The molecule has 0 bridgehead atoms. The fraction of sp³-hybridized carbons (Fsp3) is 0.579. The number of carbonyl (C=O) groups is 2. The van der Waals surface area contributed by atoms with Gasteiger partial charge in [-0.3, -0.25) is 9.59 Å². The second kappa shape index (κ2) is 10.9. The zero-order valence-corrected chi connectivity index (χ0v) is 15.9. The lowest BCUT2D eigenvalue weighted by Gasteiger charge is -2.19. The number of carboxylic acid groups (broad SMARTS) is 2. The van der Waals surface area contributed by atoms with Gasteiger partial charge in [0.1, 0.15) is 0 Å². The smallest absolute Gasteiger partial charge is 0.416 e. The second-order valence-corrected chi connectivity index (χ2v) is 7.39. The molecule has 0 radical (unpaired) electrons. The summed E-state index contributed by atoms with van der Waals surface area (Å²) in [4.78, 5) is 19.6. The SMILES string of the molecule is CC(C)(C)CCc1cc(C(F)(F)F)ccc1CN.O=C(O)CCCC(=O)O. The minimum Gasteiger partial charge on any atom is -0.481 e. The van der Waals surface area contributed by atoms with Crippen molar-refractivity contribution in [1.82, 2.24) is 0 Å². The molecule has 0 unspecified atom stereocenters. The summed E-state index contributed by atoms with van der Waals surface area (Å²) in [6, 6.07) is 3.82. The van der Waals surface area contributed by atoms with Crippen molar-refractivity contribution >= 4 is 11.9 Å². The number of halogens is 3. The van der Waals surface area contributed by atoms with Gasteiger partial charge in [0.05, 0.1) is 5.56 Å². The number of nitrogens with two attached hydrogens (primary N) is 1. The highest BCUT2D eigenvalue weighted by molar-refractivity contribution is 5.69. The van der Waals surface area contributed by atoms with Gasteiger partial charge in [0, 0.05) is 19.4 Å². The Labute approximate surface area is 157 Å². The summed E-state index contributed by atoms with van der Waals surface area (Å²) in [6.07, 6.45) is -2.74. The average Bonchev–Trinajstić information content (AvgIpc) is 2.51. The van der Waals surface area contributed by atoms with Crippen molar-refractivity contribution in [2.75, 3.05) is 0 Å². The van der Waals surface area contributed by atoms with E-state index in [1.54, 1.807) is 0 Å². The van der Waals surface area contributed by atoms with Crippen LogP contribution in [0.3, 0.4) is 0 Å². The van der Waals surface area contributed by atoms with E-state index in [-0.39, 0.29) is 31.2 Å². The van der Waals surface area contributed by atoms with Crippen molar-refractivity contribution in [2.24, 2.45) is 11.1 Å². The molecule has 0 aliphatic heterocycles. The third kappa shape index (κ3) is 12.0. The third-order valence-corrected chi connectivity index (χ3v) is 3.68. The third-order valence-electron chi connectivity index (χ3n) is 3.68. The minimum absolute atomic E-state index is 0.0632. The Balaban J connectivity index is 0.000000636. The van der Waals surface area contributed by atoms with Gasteiger partial charge in [-0.2, -0.15) is 13.2 Å². The number of hydrogen-bond acceptors (Lipinski definition) is 3. The van der Waals surface area contributed by atoms with Gasteiger partial charge in [0.25, 0.3) is 0 Å². The van der Waals surface area contributed by atoms with E-state index in [9.17, 15) is 22.8 Å². The van der Waals surface area contributed by atoms with Gasteiger partial charge in [0.15, 0.2) is 0 Å². The number of aryl methyl sites for hydroxylation is 1. The molecule has 0 amide bonds. The number of benzene rings is 1. The molecule has 1 rings (SSSR count). The van der Waals surface area contributed by atoms with Crippen LogP contribution in [-0.2, 0) is 28.7 Å². The molecule has 8 heteroatoms. The highest BCUT2D eigenvalue weighted by atomic mass is 19.4. The van der Waals surface area contributed by atoms with E-state index in [0.717, 1.165) is 18.1 Å². The maximum Gasteiger partial charge on any atom is 0.416 e. The first kappa shape index (κ1) is 24.9. The molecular weight excluding hydrogens is 363 g/mol. The largest absolute Gasteiger partial charge is 0.481 e. The monoisotopic (exact) mass is 391 g/mol. The molecule has 0 fully saturated rings. The molecule has 0 aromatic heterocycles. The predicted octanol–water partition coefficient (Wildman–Crippen LogP) is 4.47. The van der Waals surface area contributed by atoms with Crippen LogP contribution < -0.4 is 5.73 Å². The number of alkyl halides is 3. The van der Waals surface area contributed by atoms with Crippen LogP contribution in [-0.4, -0.2) is 22.2 Å². The summed E-state index contributed by atoms with van der Waals surface area (Å²) >= 11 is 0. The van der Waals surface area contributed by atoms with Gasteiger partial charge in [-0.15, -0.1) is 0 Å².